The summed E-state index contributed by atoms with van der Waals surface area (Å²) < 4.78 is 29.8. The van der Waals surface area contributed by atoms with Crippen LogP contribution in [0.25, 0.3) is 0 Å². The number of hydrogen-bond acceptors (Lipinski definition) is 4. The molecule has 0 aliphatic heterocycles. The molecular weight excluding hydrogens is 350 g/mol. The molecule has 0 heterocycles. The van der Waals surface area contributed by atoms with Crippen molar-refractivity contribution >= 4 is 15.7 Å². The monoisotopic (exact) mass is 373 g/mol. The topological polar surface area (TPSA) is 72.5 Å². The minimum absolute atomic E-state index is 0.0336. The largest absolute Gasteiger partial charge is 0.493 e. The highest BCUT2D eigenvalue weighted by molar-refractivity contribution is 7.92. The van der Waals surface area contributed by atoms with Gasteiger partial charge in [-0.25, -0.2) is 8.42 Å². The van der Waals surface area contributed by atoms with Crippen molar-refractivity contribution in [1.82, 2.24) is 5.32 Å². The minimum Gasteiger partial charge on any atom is -0.493 e. The predicted octanol–water partition coefficient (Wildman–Crippen LogP) is 2.67. The van der Waals surface area contributed by atoms with Crippen LogP contribution in [-0.4, -0.2) is 32.4 Å². The Labute approximate surface area is 154 Å². The van der Waals surface area contributed by atoms with Crippen LogP contribution in [0.15, 0.2) is 54.6 Å². The Bertz CT molecular complexity index is 849. The highest BCUT2D eigenvalue weighted by Gasteiger charge is 2.24. The van der Waals surface area contributed by atoms with E-state index >= 15 is 0 Å². The first-order valence-corrected chi connectivity index (χ1v) is 10.6. The summed E-state index contributed by atoms with van der Waals surface area (Å²) in [7, 11) is -3.52. The number of carbonyl (C=O) groups is 1. The lowest BCUT2D eigenvalue weighted by atomic mass is 9.88. The average Bonchev–Trinajstić information content (AvgIpc) is 2.62. The second-order valence-corrected chi connectivity index (χ2v) is 8.65. The van der Waals surface area contributed by atoms with Crippen LogP contribution >= 0.6 is 0 Å². The van der Waals surface area contributed by atoms with Gasteiger partial charge in [0.15, 0.2) is 9.84 Å². The highest BCUT2D eigenvalue weighted by atomic mass is 32.2. The number of sulfone groups is 1. The summed E-state index contributed by atoms with van der Waals surface area (Å²) in [5, 5.41) is 2.88. The first kappa shape index (κ1) is 18.5. The molecule has 5 nitrogen and oxygen atoms in total. The van der Waals surface area contributed by atoms with E-state index in [0.717, 1.165) is 24.8 Å². The number of amides is 1. The van der Waals surface area contributed by atoms with Crippen molar-refractivity contribution in [1.29, 1.82) is 0 Å². The number of aryl methyl sites for hydroxylation is 1. The lowest BCUT2D eigenvalue weighted by Gasteiger charge is -2.26. The number of rotatable bonds is 7. The van der Waals surface area contributed by atoms with E-state index in [9.17, 15) is 13.2 Å². The molecule has 1 atom stereocenters. The van der Waals surface area contributed by atoms with Crippen molar-refractivity contribution in [2.75, 3.05) is 18.1 Å². The molecule has 1 amide bonds. The first-order chi connectivity index (χ1) is 12.5. The summed E-state index contributed by atoms with van der Waals surface area (Å²) in [6.07, 6.45) is 2.82. The molecule has 0 radical (unpaired) electrons. The average molecular weight is 373 g/mol. The molecular formula is C20H23NO4S. The fourth-order valence-electron chi connectivity index (χ4n) is 3.21. The molecule has 2 aromatic rings. The number of ether oxygens (including phenoxy) is 1. The zero-order valence-corrected chi connectivity index (χ0v) is 15.4. The molecule has 6 heteroatoms. The van der Waals surface area contributed by atoms with Gasteiger partial charge in [-0.3, -0.25) is 4.79 Å². The Morgan fingerprint density at radius 2 is 1.81 bits per heavy atom. The SMILES string of the molecule is O=C(CS(=O)(=O)CCOc1ccccc1)NC1CCCc2ccccc21. The smallest absolute Gasteiger partial charge is 0.235 e. The Hall–Kier alpha value is -2.34. The number of benzene rings is 2. The van der Waals surface area contributed by atoms with E-state index in [2.05, 4.69) is 11.4 Å². The molecule has 1 N–H and O–H groups in total. The fourth-order valence-corrected chi connectivity index (χ4v) is 4.18. The Balaban J connectivity index is 1.51. The van der Waals surface area contributed by atoms with Crippen molar-refractivity contribution < 1.29 is 17.9 Å². The fraction of sp³-hybridized carbons (Fsp3) is 0.350. The molecule has 26 heavy (non-hydrogen) atoms. The molecule has 0 spiro atoms. The van der Waals surface area contributed by atoms with Gasteiger partial charge in [0.25, 0.3) is 0 Å². The van der Waals surface area contributed by atoms with Crippen molar-refractivity contribution in [3.05, 3.63) is 65.7 Å². The van der Waals surface area contributed by atoms with Gasteiger partial charge >= 0.3 is 0 Å². The van der Waals surface area contributed by atoms with Crippen LogP contribution in [0.4, 0.5) is 0 Å². The van der Waals surface area contributed by atoms with E-state index in [-0.39, 0.29) is 18.4 Å². The van der Waals surface area contributed by atoms with Gasteiger partial charge < -0.3 is 10.1 Å². The van der Waals surface area contributed by atoms with E-state index < -0.39 is 21.5 Å². The number of fused-ring (bicyclic) bond motifs is 1. The molecule has 1 unspecified atom stereocenters. The van der Waals surface area contributed by atoms with E-state index in [1.807, 2.05) is 36.4 Å². The third-order valence-electron chi connectivity index (χ3n) is 4.46. The summed E-state index contributed by atoms with van der Waals surface area (Å²) in [5.41, 5.74) is 2.32. The Morgan fingerprint density at radius 3 is 2.62 bits per heavy atom. The molecule has 0 bridgehead atoms. The maximum Gasteiger partial charge on any atom is 0.235 e. The van der Waals surface area contributed by atoms with E-state index in [1.165, 1.54) is 5.56 Å². The van der Waals surface area contributed by atoms with Gasteiger partial charge in [0.1, 0.15) is 18.1 Å². The molecule has 0 aromatic heterocycles. The molecule has 138 valence electrons. The van der Waals surface area contributed by atoms with E-state index in [1.54, 1.807) is 12.1 Å². The lowest BCUT2D eigenvalue weighted by molar-refractivity contribution is -0.119. The van der Waals surface area contributed by atoms with Crippen molar-refractivity contribution in [3.63, 3.8) is 0 Å². The molecule has 0 saturated carbocycles. The number of hydrogen-bond donors (Lipinski definition) is 1. The number of carbonyl (C=O) groups excluding carboxylic acids is 1. The summed E-state index contributed by atoms with van der Waals surface area (Å²) in [4.78, 5) is 12.2. The van der Waals surface area contributed by atoms with Gasteiger partial charge in [0.2, 0.25) is 5.91 Å². The quantitative estimate of drug-likeness (QED) is 0.810. The van der Waals surface area contributed by atoms with Crippen molar-refractivity contribution in [2.45, 2.75) is 25.3 Å². The molecule has 1 aliphatic carbocycles. The van der Waals surface area contributed by atoms with E-state index in [0.29, 0.717) is 5.75 Å². The molecule has 2 aromatic carbocycles. The number of para-hydroxylation sites is 1. The van der Waals surface area contributed by atoms with Crippen LogP contribution in [0.2, 0.25) is 0 Å². The van der Waals surface area contributed by atoms with Crippen molar-refractivity contribution in [2.24, 2.45) is 0 Å². The highest BCUT2D eigenvalue weighted by Crippen LogP contribution is 2.29. The standard InChI is InChI=1S/C20H23NO4S/c22-20(21-19-12-6-8-16-7-4-5-11-18(16)19)15-26(23,24)14-13-25-17-9-2-1-3-10-17/h1-5,7,9-11,19H,6,8,12-15H2,(H,21,22). The zero-order chi connectivity index (χ0) is 18.4. The first-order valence-electron chi connectivity index (χ1n) is 8.79. The molecule has 0 fully saturated rings. The van der Waals surface area contributed by atoms with Gasteiger partial charge in [-0.1, -0.05) is 42.5 Å². The number of nitrogens with one attached hydrogen (secondary N) is 1. The third-order valence-corrected chi connectivity index (χ3v) is 5.95. The van der Waals surface area contributed by atoms with E-state index in [4.69, 9.17) is 4.74 Å². The second kappa shape index (κ2) is 8.36. The van der Waals surface area contributed by atoms with Gasteiger partial charge in [-0.2, -0.15) is 0 Å². The van der Waals surface area contributed by atoms with Crippen LogP contribution < -0.4 is 10.1 Å². The van der Waals surface area contributed by atoms with Crippen LogP contribution in [-0.2, 0) is 21.1 Å². The maximum atomic E-state index is 12.2. The van der Waals surface area contributed by atoms with Crippen LogP contribution in [0.5, 0.6) is 5.75 Å². The van der Waals surface area contributed by atoms with Crippen LogP contribution in [0.1, 0.15) is 30.0 Å². The second-order valence-electron chi connectivity index (χ2n) is 6.46. The van der Waals surface area contributed by atoms with Crippen LogP contribution in [0.3, 0.4) is 0 Å². The molecule has 1 aliphatic rings. The summed E-state index contributed by atoms with van der Waals surface area (Å²) >= 11 is 0. The lowest BCUT2D eigenvalue weighted by Crippen LogP contribution is -2.36. The molecule has 3 rings (SSSR count). The van der Waals surface area contributed by atoms with Crippen molar-refractivity contribution in [3.8, 4) is 5.75 Å². The summed E-state index contributed by atoms with van der Waals surface area (Å²) in [6, 6.07) is 16.9. The normalized spacial score (nSPS) is 16.5. The molecule has 0 saturated heterocycles. The summed E-state index contributed by atoms with van der Waals surface area (Å²) in [6.45, 7) is 0.0336. The summed E-state index contributed by atoms with van der Waals surface area (Å²) in [5.74, 6) is -0.530. The minimum atomic E-state index is -3.52. The van der Waals surface area contributed by atoms with Gasteiger partial charge in [-0.15, -0.1) is 0 Å². The van der Waals surface area contributed by atoms with Gasteiger partial charge in [0.05, 0.1) is 11.8 Å². The predicted molar refractivity (Wildman–Crippen MR) is 101 cm³/mol. The maximum absolute atomic E-state index is 12.2. The van der Waals surface area contributed by atoms with Gasteiger partial charge in [0, 0.05) is 0 Å². The zero-order valence-electron chi connectivity index (χ0n) is 14.6. The van der Waals surface area contributed by atoms with Crippen LogP contribution in [0, 0.1) is 0 Å². The van der Waals surface area contributed by atoms with Gasteiger partial charge in [-0.05, 0) is 42.5 Å². The Morgan fingerprint density at radius 1 is 1.08 bits per heavy atom. The Kier molecular flexibility index (Phi) is 5.93. The third kappa shape index (κ3) is 5.08.